The van der Waals surface area contributed by atoms with E-state index in [1.807, 2.05) is 27.7 Å². The van der Waals surface area contributed by atoms with Crippen molar-refractivity contribution in [2.24, 2.45) is 0 Å². The highest BCUT2D eigenvalue weighted by Gasteiger charge is 2.44. The van der Waals surface area contributed by atoms with Crippen LogP contribution in [-0.2, 0) is 22.6 Å². The predicted octanol–water partition coefficient (Wildman–Crippen LogP) is 0.967. The third-order valence-corrected chi connectivity index (χ3v) is 5.17. The summed E-state index contributed by atoms with van der Waals surface area (Å²) in [5, 5.41) is 14.8. The van der Waals surface area contributed by atoms with E-state index in [1.54, 1.807) is 21.8 Å². The molecule has 11 nitrogen and oxygen atoms in total. The summed E-state index contributed by atoms with van der Waals surface area (Å²) in [5.41, 5.74) is 0.613. The van der Waals surface area contributed by atoms with Crippen LogP contribution in [0.1, 0.15) is 33.4 Å². The lowest BCUT2D eigenvalue weighted by atomic mass is 10.2. The van der Waals surface area contributed by atoms with E-state index in [0.717, 1.165) is 0 Å². The van der Waals surface area contributed by atoms with E-state index in [-0.39, 0.29) is 25.1 Å². The highest BCUT2D eigenvalue weighted by atomic mass is 16.6. The molecule has 2 amide bonds. The van der Waals surface area contributed by atoms with Crippen LogP contribution < -0.4 is 9.64 Å². The minimum absolute atomic E-state index is 0.0863. The van der Waals surface area contributed by atoms with Crippen molar-refractivity contribution < 1.29 is 24.2 Å². The highest BCUT2D eigenvalue weighted by molar-refractivity contribution is 6.00. The van der Waals surface area contributed by atoms with Gasteiger partial charge in [-0.1, -0.05) is 0 Å². The van der Waals surface area contributed by atoms with Crippen molar-refractivity contribution >= 4 is 17.7 Å². The molecule has 4 rings (SSSR count). The number of carbonyl (C=O) groups excluding carboxylic acids is 2. The van der Waals surface area contributed by atoms with Crippen LogP contribution in [0, 0.1) is 0 Å². The summed E-state index contributed by atoms with van der Waals surface area (Å²) < 4.78 is 12.9. The molecule has 0 unspecified atom stereocenters. The molecule has 2 aliphatic heterocycles. The summed E-state index contributed by atoms with van der Waals surface area (Å²) in [6, 6.07) is 1.61. The smallest absolute Gasteiger partial charge is 0.410 e. The molecule has 4 heterocycles. The van der Waals surface area contributed by atoms with E-state index in [4.69, 9.17) is 9.47 Å². The molecule has 1 saturated heterocycles. The maximum Gasteiger partial charge on any atom is 0.410 e. The van der Waals surface area contributed by atoms with Gasteiger partial charge in [0.15, 0.2) is 12.2 Å². The summed E-state index contributed by atoms with van der Waals surface area (Å²) in [6.07, 6.45) is 2.01. The summed E-state index contributed by atoms with van der Waals surface area (Å²) >= 11 is 0. The maximum absolute atomic E-state index is 12.8. The normalized spacial score (nSPS) is 23.6. The molecule has 31 heavy (non-hydrogen) atoms. The summed E-state index contributed by atoms with van der Waals surface area (Å²) in [7, 11) is 0. The topological polar surface area (TPSA) is 123 Å². The average Bonchev–Trinajstić information content (AvgIpc) is 3.22. The molecule has 11 heteroatoms. The van der Waals surface area contributed by atoms with Gasteiger partial charge in [-0.15, -0.1) is 0 Å². The largest absolute Gasteiger partial charge is 0.455 e. The van der Waals surface area contributed by atoms with Crippen LogP contribution in [0.25, 0.3) is 0 Å². The van der Waals surface area contributed by atoms with E-state index in [2.05, 4.69) is 15.1 Å². The first kappa shape index (κ1) is 21.0. The third kappa shape index (κ3) is 4.18. The van der Waals surface area contributed by atoms with Crippen LogP contribution in [0.15, 0.2) is 24.7 Å². The third-order valence-electron chi connectivity index (χ3n) is 5.17. The van der Waals surface area contributed by atoms with Crippen molar-refractivity contribution in [1.29, 1.82) is 0 Å². The number of aliphatic hydroxyl groups excluding tert-OH is 1. The van der Waals surface area contributed by atoms with Crippen LogP contribution in [0.2, 0.25) is 0 Å². The molecular formula is C20H26N6O5. The molecule has 0 saturated carbocycles. The van der Waals surface area contributed by atoms with Gasteiger partial charge >= 0.3 is 12.1 Å². The Hall–Kier alpha value is -3.21. The molecule has 3 atom stereocenters. The van der Waals surface area contributed by atoms with Crippen molar-refractivity contribution in [2.75, 3.05) is 11.4 Å². The van der Waals surface area contributed by atoms with Gasteiger partial charge in [0.2, 0.25) is 0 Å². The zero-order valence-electron chi connectivity index (χ0n) is 17.9. The number of aliphatic hydroxyl groups is 1. The van der Waals surface area contributed by atoms with Crippen molar-refractivity contribution in [3.05, 3.63) is 30.4 Å². The number of anilines is 1. The van der Waals surface area contributed by atoms with Crippen molar-refractivity contribution in [2.45, 2.75) is 64.6 Å². The zero-order valence-corrected chi connectivity index (χ0v) is 17.9. The lowest BCUT2D eigenvalue weighted by Gasteiger charge is -2.36. The number of fused-ring (bicyclic) bond motifs is 1. The minimum Gasteiger partial charge on any atom is -0.455 e. The van der Waals surface area contributed by atoms with Gasteiger partial charge in [0.05, 0.1) is 43.3 Å². The first-order valence-corrected chi connectivity index (χ1v) is 10.1. The van der Waals surface area contributed by atoms with Gasteiger partial charge in [0.25, 0.3) is 5.91 Å². The van der Waals surface area contributed by atoms with Crippen molar-refractivity contribution in [1.82, 2.24) is 24.6 Å². The molecule has 1 N–H and O–H groups in total. The number of carbonyl (C=O) groups is 2. The Balaban J connectivity index is 1.54. The van der Waals surface area contributed by atoms with Crippen LogP contribution in [0.5, 0.6) is 6.01 Å². The van der Waals surface area contributed by atoms with E-state index in [0.29, 0.717) is 17.9 Å². The fraction of sp³-hybridized carbons (Fsp3) is 0.550. The standard InChI is InChI=1S/C20H26N6O5/c1-12-9-26-14(10-24(12)19(29)31-20(2,3)4)13(8-23-26)25-11-15(16(27)17(25)28)30-18-21-6-5-7-22-18/h5-8,12,15-16,27H,9-11H2,1-4H3/t12-,15+,16-/m0/s1. The summed E-state index contributed by atoms with van der Waals surface area (Å²) in [5.74, 6) is -0.501. The Kier molecular flexibility index (Phi) is 5.29. The zero-order chi connectivity index (χ0) is 22.3. The summed E-state index contributed by atoms with van der Waals surface area (Å²) in [4.78, 5) is 36.5. The van der Waals surface area contributed by atoms with E-state index in [9.17, 15) is 14.7 Å². The molecule has 0 bridgehead atoms. The number of aromatic nitrogens is 4. The SMILES string of the molecule is C[C@H]1Cn2ncc(N3C[C@@H](Oc4ncccn4)[C@H](O)C3=O)c2CN1C(=O)OC(C)(C)C. The van der Waals surface area contributed by atoms with Gasteiger partial charge in [-0.2, -0.15) is 5.10 Å². The number of amides is 2. The quantitative estimate of drug-likeness (QED) is 0.764. The Labute approximate surface area is 179 Å². The molecule has 0 aromatic carbocycles. The molecule has 2 aliphatic rings. The molecule has 0 spiro atoms. The molecule has 2 aromatic heterocycles. The van der Waals surface area contributed by atoms with E-state index >= 15 is 0 Å². The van der Waals surface area contributed by atoms with Crippen LogP contribution >= 0.6 is 0 Å². The summed E-state index contributed by atoms with van der Waals surface area (Å²) in [6.45, 7) is 8.18. The van der Waals surface area contributed by atoms with E-state index in [1.165, 1.54) is 17.3 Å². The number of hydrogen-bond donors (Lipinski definition) is 1. The van der Waals surface area contributed by atoms with Gasteiger partial charge in [0.1, 0.15) is 5.60 Å². The second-order valence-corrected chi connectivity index (χ2v) is 8.70. The molecule has 0 radical (unpaired) electrons. The Morgan fingerprint density at radius 3 is 2.61 bits per heavy atom. The number of rotatable bonds is 3. The van der Waals surface area contributed by atoms with Gasteiger partial charge < -0.3 is 19.5 Å². The first-order valence-electron chi connectivity index (χ1n) is 10.1. The van der Waals surface area contributed by atoms with Crippen LogP contribution in [-0.4, -0.2) is 72.2 Å². The van der Waals surface area contributed by atoms with Gasteiger partial charge in [-0.05, 0) is 33.8 Å². The molecule has 2 aromatic rings. The lowest BCUT2D eigenvalue weighted by molar-refractivity contribution is -0.126. The first-order chi connectivity index (χ1) is 14.6. The Morgan fingerprint density at radius 2 is 1.94 bits per heavy atom. The Bertz CT molecular complexity index is 972. The van der Waals surface area contributed by atoms with Gasteiger partial charge in [-0.25, -0.2) is 14.8 Å². The monoisotopic (exact) mass is 430 g/mol. The molecular weight excluding hydrogens is 404 g/mol. The van der Waals surface area contributed by atoms with Crippen molar-refractivity contribution in [3.8, 4) is 6.01 Å². The number of ether oxygens (including phenoxy) is 2. The maximum atomic E-state index is 12.8. The Morgan fingerprint density at radius 1 is 1.23 bits per heavy atom. The fourth-order valence-corrected chi connectivity index (χ4v) is 3.67. The minimum atomic E-state index is -1.36. The number of nitrogens with zero attached hydrogens (tertiary/aromatic N) is 6. The average molecular weight is 430 g/mol. The van der Waals surface area contributed by atoms with E-state index < -0.39 is 29.8 Å². The van der Waals surface area contributed by atoms with Crippen LogP contribution in [0.3, 0.4) is 0 Å². The predicted molar refractivity (Wildman–Crippen MR) is 108 cm³/mol. The van der Waals surface area contributed by atoms with Crippen molar-refractivity contribution in [3.63, 3.8) is 0 Å². The lowest BCUT2D eigenvalue weighted by Crippen LogP contribution is -2.47. The second kappa shape index (κ2) is 7.80. The molecule has 0 aliphatic carbocycles. The second-order valence-electron chi connectivity index (χ2n) is 8.70. The van der Waals surface area contributed by atoms with Crippen LogP contribution in [0.4, 0.5) is 10.5 Å². The van der Waals surface area contributed by atoms with Gasteiger partial charge in [0, 0.05) is 12.4 Å². The highest BCUT2D eigenvalue weighted by Crippen LogP contribution is 2.31. The molecule has 166 valence electrons. The fourth-order valence-electron chi connectivity index (χ4n) is 3.67. The number of hydrogen-bond acceptors (Lipinski definition) is 8. The van der Waals surface area contributed by atoms with Gasteiger partial charge in [-0.3, -0.25) is 14.4 Å². The molecule has 1 fully saturated rings.